The molecule has 10 aromatic rings. The van der Waals surface area contributed by atoms with E-state index >= 15 is 0 Å². The van der Waals surface area contributed by atoms with Gasteiger partial charge in [0, 0.05) is 56.3 Å². The first-order valence-corrected chi connectivity index (χ1v) is 16.7. The minimum atomic E-state index is 0.573. The van der Waals surface area contributed by atoms with Gasteiger partial charge in [-0.15, -0.1) is 0 Å². The Morgan fingerprint density at radius 1 is 0.400 bits per heavy atom. The quantitative estimate of drug-likeness (QED) is 0.188. The van der Waals surface area contributed by atoms with E-state index < -0.39 is 0 Å². The van der Waals surface area contributed by atoms with Crippen LogP contribution in [0.25, 0.3) is 89.2 Å². The fourth-order valence-electron chi connectivity index (χ4n) is 7.33. The van der Waals surface area contributed by atoms with Gasteiger partial charge in [-0.25, -0.2) is 4.98 Å². The number of hydrogen-bond donors (Lipinski definition) is 0. The first kappa shape index (κ1) is 28.1. The fraction of sp³-hybridized carbons (Fsp3) is 0. The second kappa shape index (κ2) is 11.4. The molecule has 0 aliphatic carbocycles. The summed E-state index contributed by atoms with van der Waals surface area (Å²) in [5, 5.41) is 4.55. The Kier molecular flexibility index (Phi) is 6.39. The lowest BCUT2D eigenvalue weighted by molar-refractivity contribution is 0.953. The van der Waals surface area contributed by atoms with Crippen molar-refractivity contribution in [1.82, 2.24) is 29.1 Å². The highest BCUT2D eigenvalue weighted by molar-refractivity contribution is 6.20. The molecule has 0 fully saturated rings. The van der Waals surface area contributed by atoms with Crippen LogP contribution >= 0.6 is 0 Å². The summed E-state index contributed by atoms with van der Waals surface area (Å²) in [5.74, 6) is 1.83. The summed E-state index contributed by atoms with van der Waals surface area (Å²) in [4.78, 5) is 19.8. The zero-order valence-corrected chi connectivity index (χ0v) is 26.8. The van der Waals surface area contributed by atoms with Crippen LogP contribution in [0.1, 0.15) is 0 Å². The Labute approximate surface area is 287 Å². The van der Waals surface area contributed by atoms with E-state index in [1.807, 2.05) is 73.1 Å². The molecule has 0 amide bonds. The van der Waals surface area contributed by atoms with Crippen LogP contribution in [-0.2, 0) is 0 Å². The van der Waals surface area contributed by atoms with Gasteiger partial charge in [-0.1, -0.05) is 127 Å². The largest absolute Gasteiger partial charge is 0.309 e. The smallest absolute Gasteiger partial charge is 0.238 e. The van der Waals surface area contributed by atoms with Crippen LogP contribution < -0.4 is 0 Å². The second-order valence-corrected chi connectivity index (χ2v) is 12.3. The van der Waals surface area contributed by atoms with Gasteiger partial charge >= 0.3 is 0 Å². The SMILES string of the molecule is c1ccc(-c2nc(-c3ccccc3)nc(-n3c4ccccc4c4c(-c5cccc6c7cnccc7n(-c7ccccc7)c56)cccc43)n2)cc1. The monoisotopic (exact) mass is 640 g/mol. The summed E-state index contributed by atoms with van der Waals surface area (Å²) in [6.45, 7) is 0. The molecule has 0 saturated heterocycles. The third-order valence-electron chi connectivity index (χ3n) is 9.48. The van der Waals surface area contributed by atoms with E-state index in [1.165, 1.54) is 0 Å². The van der Waals surface area contributed by atoms with Crippen molar-refractivity contribution in [3.8, 4) is 45.5 Å². The van der Waals surface area contributed by atoms with Crippen molar-refractivity contribution in [2.75, 3.05) is 0 Å². The lowest BCUT2D eigenvalue weighted by Gasteiger charge is -2.13. The summed E-state index contributed by atoms with van der Waals surface area (Å²) in [7, 11) is 0. The summed E-state index contributed by atoms with van der Waals surface area (Å²) in [6, 6.07) is 54.6. The maximum atomic E-state index is 5.14. The molecule has 0 bridgehead atoms. The Bertz CT molecular complexity index is 2800. The zero-order valence-electron chi connectivity index (χ0n) is 26.8. The van der Waals surface area contributed by atoms with Crippen LogP contribution in [0.3, 0.4) is 0 Å². The summed E-state index contributed by atoms with van der Waals surface area (Å²) < 4.78 is 4.55. The molecule has 10 rings (SSSR count). The van der Waals surface area contributed by atoms with Gasteiger partial charge in [-0.05, 0) is 35.9 Å². The second-order valence-electron chi connectivity index (χ2n) is 12.3. The van der Waals surface area contributed by atoms with Crippen molar-refractivity contribution in [3.63, 3.8) is 0 Å². The van der Waals surface area contributed by atoms with Gasteiger partial charge in [0.25, 0.3) is 0 Å². The molecule has 0 aliphatic heterocycles. The van der Waals surface area contributed by atoms with E-state index in [1.54, 1.807) is 0 Å². The zero-order chi connectivity index (χ0) is 33.0. The molecule has 0 N–H and O–H groups in total. The number of fused-ring (bicyclic) bond motifs is 6. The molecular formula is C44H28N6. The molecule has 0 spiro atoms. The molecule has 4 aromatic heterocycles. The average molecular weight is 641 g/mol. The van der Waals surface area contributed by atoms with Crippen LogP contribution in [0.15, 0.2) is 170 Å². The van der Waals surface area contributed by atoms with E-state index in [0.29, 0.717) is 17.6 Å². The number of hydrogen-bond acceptors (Lipinski definition) is 4. The van der Waals surface area contributed by atoms with E-state index in [-0.39, 0.29) is 0 Å². The molecule has 6 heteroatoms. The predicted octanol–water partition coefficient (Wildman–Crippen LogP) is 10.5. The molecule has 0 atom stereocenters. The first-order valence-electron chi connectivity index (χ1n) is 16.7. The lowest BCUT2D eigenvalue weighted by Crippen LogP contribution is -2.06. The standard InChI is InChI=1S/C44H28N6/c1-4-14-29(15-5-1)42-46-43(30-16-6-2-7-17-30)48-44(47-42)50-37-24-11-10-20-35(37)40-32(21-13-25-39(40)50)33-22-12-23-34-36-28-45-27-26-38(36)49(41(33)34)31-18-8-3-9-19-31/h1-28H. The van der Waals surface area contributed by atoms with Crippen molar-refractivity contribution in [3.05, 3.63) is 170 Å². The van der Waals surface area contributed by atoms with Crippen LogP contribution in [0.4, 0.5) is 0 Å². The molecular weight excluding hydrogens is 613 g/mol. The third kappa shape index (κ3) is 4.36. The van der Waals surface area contributed by atoms with Gasteiger partial charge in [0.15, 0.2) is 11.6 Å². The van der Waals surface area contributed by atoms with Crippen molar-refractivity contribution >= 4 is 43.6 Å². The van der Waals surface area contributed by atoms with Crippen LogP contribution in [0.5, 0.6) is 0 Å². The Hall–Kier alpha value is -6.92. The summed E-state index contributed by atoms with van der Waals surface area (Å²) in [6.07, 6.45) is 3.85. The Morgan fingerprint density at radius 3 is 1.72 bits per heavy atom. The highest BCUT2D eigenvalue weighted by Crippen LogP contribution is 2.43. The van der Waals surface area contributed by atoms with Crippen LogP contribution in [0, 0.1) is 0 Å². The molecule has 0 unspecified atom stereocenters. The Morgan fingerprint density at radius 2 is 0.980 bits per heavy atom. The number of para-hydroxylation sites is 3. The fourth-order valence-corrected chi connectivity index (χ4v) is 7.33. The van der Waals surface area contributed by atoms with Crippen LogP contribution in [0.2, 0.25) is 0 Å². The average Bonchev–Trinajstić information content (AvgIpc) is 3.72. The molecule has 4 heterocycles. The lowest BCUT2D eigenvalue weighted by atomic mass is 9.97. The molecule has 234 valence electrons. The normalized spacial score (nSPS) is 11.6. The minimum Gasteiger partial charge on any atom is -0.309 e. The van der Waals surface area contributed by atoms with E-state index in [2.05, 4.69) is 111 Å². The van der Waals surface area contributed by atoms with Gasteiger partial charge in [0.1, 0.15) is 0 Å². The van der Waals surface area contributed by atoms with Gasteiger partial charge in [-0.3, -0.25) is 9.55 Å². The highest BCUT2D eigenvalue weighted by atomic mass is 15.2. The van der Waals surface area contributed by atoms with Gasteiger partial charge in [-0.2, -0.15) is 9.97 Å². The maximum absolute atomic E-state index is 5.14. The summed E-state index contributed by atoms with van der Waals surface area (Å²) >= 11 is 0. The van der Waals surface area contributed by atoms with Crippen molar-refractivity contribution in [2.24, 2.45) is 0 Å². The molecule has 0 saturated carbocycles. The summed E-state index contributed by atoms with van der Waals surface area (Å²) in [5.41, 5.74) is 9.56. The number of aromatic nitrogens is 6. The molecule has 0 radical (unpaired) electrons. The van der Waals surface area contributed by atoms with Crippen molar-refractivity contribution in [1.29, 1.82) is 0 Å². The minimum absolute atomic E-state index is 0.573. The number of pyridine rings is 1. The number of rotatable bonds is 5. The predicted molar refractivity (Wildman–Crippen MR) is 203 cm³/mol. The van der Waals surface area contributed by atoms with Crippen molar-refractivity contribution in [2.45, 2.75) is 0 Å². The maximum Gasteiger partial charge on any atom is 0.238 e. The molecule has 6 aromatic carbocycles. The highest BCUT2D eigenvalue weighted by Gasteiger charge is 2.22. The Balaban J connectivity index is 1.30. The first-order chi connectivity index (χ1) is 24.8. The number of benzene rings is 6. The third-order valence-corrected chi connectivity index (χ3v) is 9.48. The van der Waals surface area contributed by atoms with Gasteiger partial charge in [0.05, 0.1) is 22.1 Å². The van der Waals surface area contributed by atoms with Gasteiger partial charge < -0.3 is 4.57 Å². The number of nitrogens with zero attached hydrogens (tertiary/aromatic N) is 6. The molecule has 50 heavy (non-hydrogen) atoms. The van der Waals surface area contributed by atoms with Crippen molar-refractivity contribution < 1.29 is 0 Å². The van der Waals surface area contributed by atoms with E-state index in [9.17, 15) is 0 Å². The van der Waals surface area contributed by atoms with E-state index in [0.717, 1.165) is 71.6 Å². The van der Waals surface area contributed by atoms with E-state index in [4.69, 9.17) is 15.0 Å². The molecule has 0 aliphatic rings. The topological polar surface area (TPSA) is 61.4 Å². The van der Waals surface area contributed by atoms with Gasteiger partial charge in [0.2, 0.25) is 5.95 Å². The van der Waals surface area contributed by atoms with Crippen LogP contribution in [-0.4, -0.2) is 29.1 Å². The molecule has 6 nitrogen and oxygen atoms in total.